The molecule has 31 heavy (non-hydrogen) atoms. The molecular formula is C20H18BrClF3N5O. The number of hydrogen-bond donors (Lipinski definition) is 1. The summed E-state index contributed by atoms with van der Waals surface area (Å²) in [5.74, 6) is -0.468. The Morgan fingerprint density at radius 1 is 1.29 bits per heavy atom. The average molecular weight is 517 g/mol. The van der Waals surface area contributed by atoms with E-state index >= 15 is 0 Å². The maximum atomic E-state index is 13.3. The van der Waals surface area contributed by atoms with Crippen molar-refractivity contribution in [1.82, 2.24) is 19.6 Å². The number of benzene rings is 1. The lowest BCUT2D eigenvalue weighted by atomic mass is 10.2. The molecule has 4 rings (SSSR count). The van der Waals surface area contributed by atoms with E-state index in [0.717, 1.165) is 23.1 Å². The van der Waals surface area contributed by atoms with Gasteiger partial charge in [-0.3, -0.25) is 14.2 Å². The summed E-state index contributed by atoms with van der Waals surface area (Å²) in [6, 6.07) is 8.59. The highest BCUT2D eigenvalue weighted by molar-refractivity contribution is 9.10. The fourth-order valence-electron chi connectivity index (χ4n) is 3.29. The van der Waals surface area contributed by atoms with Gasteiger partial charge in [0.15, 0.2) is 11.5 Å². The van der Waals surface area contributed by atoms with Gasteiger partial charge in [0, 0.05) is 12.1 Å². The predicted octanol–water partition coefficient (Wildman–Crippen LogP) is 5.64. The van der Waals surface area contributed by atoms with Gasteiger partial charge in [-0.25, -0.2) is 0 Å². The van der Waals surface area contributed by atoms with E-state index in [4.69, 9.17) is 11.6 Å². The molecule has 1 fully saturated rings. The van der Waals surface area contributed by atoms with Crippen LogP contribution >= 0.6 is 27.5 Å². The molecule has 6 nitrogen and oxygen atoms in total. The fourth-order valence-corrected chi connectivity index (χ4v) is 4.30. The first-order valence-corrected chi connectivity index (χ1v) is 10.7. The van der Waals surface area contributed by atoms with Gasteiger partial charge in [0.2, 0.25) is 5.91 Å². The maximum Gasteiger partial charge on any atom is 0.436 e. The van der Waals surface area contributed by atoms with Gasteiger partial charge in [0.05, 0.1) is 16.7 Å². The lowest BCUT2D eigenvalue weighted by Gasteiger charge is -2.15. The third-order valence-electron chi connectivity index (χ3n) is 5.01. The molecule has 3 aromatic rings. The zero-order valence-electron chi connectivity index (χ0n) is 16.3. The summed E-state index contributed by atoms with van der Waals surface area (Å²) < 4.78 is 42.6. The number of aromatic nitrogens is 4. The van der Waals surface area contributed by atoms with Crippen LogP contribution in [0.3, 0.4) is 0 Å². The lowest BCUT2D eigenvalue weighted by Crippen LogP contribution is -2.26. The van der Waals surface area contributed by atoms with Gasteiger partial charge in [-0.15, -0.1) is 0 Å². The second-order valence-corrected chi connectivity index (χ2v) is 8.64. The molecule has 0 bridgehead atoms. The van der Waals surface area contributed by atoms with Gasteiger partial charge in [-0.2, -0.15) is 23.4 Å². The third kappa shape index (κ3) is 4.64. The van der Waals surface area contributed by atoms with Crippen LogP contribution in [0.4, 0.5) is 19.0 Å². The number of nitrogens with one attached hydrogen (secondary N) is 1. The largest absolute Gasteiger partial charge is 0.436 e. The first-order chi connectivity index (χ1) is 14.6. The van der Waals surface area contributed by atoms with Crippen molar-refractivity contribution in [3.63, 3.8) is 0 Å². The number of carbonyl (C=O) groups excluding carboxylic acids is 1. The topological polar surface area (TPSA) is 64.7 Å². The Labute approximate surface area is 189 Å². The van der Waals surface area contributed by atoms with E-state index in [9.17, 15) is 18.0 Å². The molecule has 0 aliphatic heterocycles. The SMILES string of the molecule is CC(C(=O)Nc1nn(Cc2ccccc2)cc1Cl)n1nc(C(F)(F)F)c(Br)c1C1CC1. The average Bonchev–Trinajstić information content (AvgIpc) is 3.40. The van der Waals surface area contributed by atoms with Gasteiger partial charge in [0.25, 0.3) is 0 Å². The molecule has 0 spiro atoms. The molecule has 2 aromatic heterocycles. The Bertz CT molecular complexity index is 1110. The maximum absolute atomic E-state index is 13.3. The standard InChI is InChI=1S/C20H18BrClF3N5O/c1-11(30-16(13-7-8-13)15(21)17(27-30)20(23,24)25)19(31)26-18-14(22)10-29(28-18)9-12-5-3-2-4-6-12/h2-6,10-11,13H,7-9H2,1H3,(H,26,28,31). The highest BCUT2D eigenvalue weighted by Crippen LogP contribution is 2.47. The smallest absolute Gasteiger partial charge is 0.306 e. The van der Waals surface area contributed by atoms with Crippen molar-refractivity contribution in [2.75, 3.05) is 5.32 Å². The summed E-state index contributed by atoms with van der Waals surface area (Å²) in [6.45, 7) is 1.95. The third-order valence-corrected chi connectivity index (χ3v) is 6.07. The van der Waals surface area contributed by atoms with Crippen LogP contribution in [0.2, 0.25) is 5.02 Å². The normalized spacial score (nSPS) is 15.2. The lowest BCUT2D eigenvalue weighted by molar-refractivity contribution is -0.142. The summed E-state index contributed by atoms with van der Waals surface area (Å²) in [5, 5.41) is 10.8. The summed E-state index contributed by atoms with van der Waals surface area (Å²) in [5.41, 5.74) is 0.359. The van der Waals surface area contributed by atoms with E-state index in [1.165, 1.54) is 6.92 Å². The number of hydrogen-bond acceptors (Lipinski definition) is 3. The molecule has 1 atom stereocenters. The summed E-state index contributed by atoms with van der Waals surface area (Å²) in [4.78, 5) is 12.8. The van der Waals surface area contributed by atoms with Crippen molar-refractivity contribution in [3.05, 3.63) is 63.0 Å². The van der Waals surface area contributed by atoms with Gasteiger partial charge in [-0.1, -0.05) is 41.9 Å². The molecule has 1 aliphatic carbocycles. The van der Waals surface area contributed by atoms with E-state index < -0.39 is 23.8 Å². The number of anilines is 1. The van der Waals surface area contributed by atoms with Gasteiger partial charge < -0.3 is 5.32 Å². The Balaban J connectivity index is 1.55. The quantitative estimate of drug-likeness (QED) is 0.461. The monoisotopic (exact) mass is 515 g/mol. The molecule has 1 unspecified atom stereocenters. The zero-order chi connectivity index (χ0) is 22.3. The fraction of sp³-hybridized carbons (Fsp3) is 0.350. The predicted molar refractivity (Wildman–Crippen MR) is 113 cm³/mol. The van der Waals surface area contributed by atoms with Gasteiger partial charge >= 0.3 is 6.18 Å². The molecule has 2 heterocycles. The summed E-state index contributed by atoms with van der Waals surface area (Å²) >= 11 is 9.25. The minimum absolute atomic E-state index is 0.0538. The van der Waals surface area contributed by atoms with E-state index in [-0.39, 0.29) is 21.2 Å². The molecule has 1 saturated carbocycles. The van der Waals surface area contributed by atoms with Crippen molar-refractivity contribution in [2.45, 2.75) is 44.4 Å². The first-order valence-electron chi connectivity index (χ1n) is 9.58. The molecule has 1 N–H and O–H groups in total. The Kier molecular flexibility index (Phi) is 5.87. The van der Waals surface area contributed by atoms with Crippen molar-refractivity contribution < 1.29 is 18.0 Å². The minimum Gasteiger partial charge on any atom is -0.306 e. The van der Waals surface area contributed by atoms with Crippen molar-refractivity contribution in [1.29, 1.82) is 0 Å². The van der Waals surface area contributed by atoms with E-state index in [0.29, 0.717) is 12.2 Å². The van der Waals surface area contributed by atoms with E-state index in [2.05, 4.69) is 31.4 Å². The van der Waals surface area contributed by atoms with Gasteiger partial charge in [-0.05, 0) is 41.3 Å². The second-order valence-electron chi connectivity index (χ2n) is 7.44. The molecule has 1 amide bonds. The first kappa shape index (κ1) is 21.9. The van der Waals surface area contributed by atoms with Gasteiger partial charge in [0.1, 0.15) is 11.1 Å². The van der Waals surface area contributed by atoms with Crippen LogP contribution in [0.15, 0.2) is 41.0 Å². The summed E-state index contributed by atoms with van der Waals surface area (Å²) in [7, 11) is 0. The molecule has 0 radical (unpaired) electrons. The van der Waals surface area contributed by atoms with Crippen LogP contribution in [-0.4, -0.2) is 25.5 Å². The number of halogens is 5. The molecule has 1 aliphatic rings. The van der Waals surface area contributed by atoms with E-state index in [1.807, 2.05) is 30.3 Å². The Morgan fingerprint density at radius 3 is 2.58 bits per heavy atom. The number of carbonyl (C=O) groups is 1. The van der Waals surface area contributed by atoms with Crippen LogP contribution in [-0.2, 0) is 17.5 Å². The van der Waals surface area contributed by atoms with Crippen LogP contribution in [0.25, 0.3) is 0 Å². The Hall–Kier alpha value is -2.33. The molecule has 0 saturated heterocycles. The highest BCUT2D eigenvalue weighted by Gasteiger charge is 2.43. The summed E-state index contributed by atoms with van der Waals surface area (Å²) in [6.07, 6.45) is -1.53. The number of amides is 1. The Morgan fingerprint density at radius 2 is 1.97 bits per heavy atom. The number of rotatable bonds is 6. The van der Waals surface area contributed by atoms with Crippen LogP contribution in [0.5, 0.6) is 0 Å². The number of alkyl halides is 3. The van der Waals surface area contributed by atoms with Crippen LogP contribution < -0.4 is 5.32 Å². The molecule has 164 valence electrons. The highest BCUT2D eigenvalue weighted by atomic mass is 79.9. The van der Waals surface area contributed by atoms with Crippen molar-refractivity contribution in [3.8, 4) is 0 Å². The molecular weight excluding hydrogens is 499 g/mol. The second kappa shape index (κ2) is 8.31. The van der Waals surface area contributed by atoms with E-state index in [1.54, 1.807) is 10.9 Å². The zero-order valence-corrected chi connectivity index (χ0v) is 18.7. The van der Waals surface area contributed by atoms with Crippen molar-refractivity contribution in [2.24, 2.45) is 0 Å². The molecule has 11 heteroatoms. The molecule has 1 aromatic carbocycles. The number of nitrogens with zero attached hydrogens (tertiary/aromatic N) is 4. The van der Waals surface area contributed by atoms with Crippen LogP contribution in [0.1, 0.15) is 48.7 Å². The van der Waals surface area contributed by atoms with Crippen LogP contribution in [0, 0.1) is 0 Å². The minimum atomic E-state index is -4.62. The van der Waals surface area contributed by atoms with Crippen molar-refractivity contribution >= 4 is 39.3 Å².